The van der Waals surface area contributed by atoms with E-state index >= 15 is 0 Å². The summed E-state index contributed by atoms with van der Waals surface area (Å²) in [6.45, 7) is 0.941. The van der Waals surface area contributed by atoms with Gasteiger partial charge in [-0.3, -0.25) is 4.57 Å². The van der Waals surface area contributed by atoms with Crippen molar-refractivity contribution in [3.8, 4) is 28.6 Å². The van der Waals surface area contributed by atoms with E-state index in [2.05, 4.69) is 25.2 Å². The minimum Gasteiger partial charge on any atom is -0.337 e. The van der Waals surface area contributed by atoms with Crippen LogP contribution in [0.2, 0.25) is 0 Å². The number of fused-ring (bicyclic) bond motifs is 5. The molecule has 5 rings (SSSR count). The van der Waals surface area contributed by atoms with Gasteiger partial charge in [-0.1, -0.05) is 5.16 Å². The molecule has 1 aromatic carbocycles. The Balaban J connectivity index is 1.68. The van der Waals surface area contributed by atoms with Gasteiger partial charge in [0.25, 0.3) is 0 Å². The van der Waals surface area contributed by atoms with E-state index in [4.69, 9.17) is 4.52 Å². The van der Waals surface area contributed by atoms with E-state index in [1.807, 2.05) is 23.6 Å². The van der Waals surface area contributed by atoms with Gasteiger partial charge >= 0.3 is 0 Å². The summed E-state index contributed by atoms with van der Waals surface area (Å²) in [4.78, 5) is 15.2. The quantitative estimate of drug-likeness (QED) is 0.480. The summed E-state index contributed by atoms with van der Waals surface area (Å²) in [6, 6.07) is 4.57. The maximum absolute atomic E-state index is 13.9. The fraction of sp³-hybridized carbons (Fsp3) is 0.235. The van der Waals surface area contributed by atoms with Crippen LogP contribution in [0.4, 0.5) is 4.39 Å². The number of rotatable bonds is 3. The SMILES string of the molecule is CN(C)Cc1nc(-c2ncn3c2Cn2ncnc2-c2cc(F)ccc2-3)no1. The highest BCUT2D eigenvalue weighted by atomic mass is 19.1. The zero-order valence-electron chi connectivity index (χ0n) is 14.7. The maximum Gasteiger partial charge on any atom is 0.241 e. The number of hydrogen-bond donors (Lipinski definition) is 0. The van der Waals surface area contributed by atoms with Crippen molar-refractivity contribution >= 4 is 0 Å². The predicted octanol–water partition coefficient (Wildman–Crippen LogP) is 1.74. The van der Waals surface area contributed by atoms with Gasteiger partial charge < -0.3 is 9.42 Å². The van der Waals surface area contributed by atoms with Crippen molar-refractivity contribution in [2.24, 2.45) is 0 Å². The molecule has 9 nitrogen and oxygen atoms in total. The van der Waals surface area contributed by atoms with Crippen molar-refractivity contribution in [1.29, 1.82) is 0 Å². The van der Waals surface area contributed by atoms with Crippen LogP contribution in [-0.4, -0.2) is 53.5 Å². The molecule has 136 valence electrons. The van der Waals surface area contributed by atoms with Gasteiger partial charge in [-0.05, 0) is 32.3 Å². The Morgan fingerprint density at radius 1 is 1.26 bits per heavy atom. The first-order valence-electron chi connectivity index (χ1n) is 8.32. The van der Waals surface area contributed by atoms with Gasteiger partial charge in [0.05, 0.1) is 24.5 Å². The van der Waals surface area contributed by atoms with Crippen molar-refractivity contribution < 1.29 is 8.91 Å². The molecule has 27 heavy (non-hydrogen) atoms. The van der Waals surface area contributed by atoms with E-state index in [1.165, 1.54) is 18.5 Å². The van der Waals surface area contributed by atoms with Crippen molar-refractivity contribution in [3.05, 3.63) is 48.3 Å². The Bertz CT molecular complexity index is 1140. The van der Waals surface area contributed by atoms with Gasteiger partial charge in [0.1, 0.15) is 24.2 Å². The molecule has 0 unspecified atom stereocenters. The van der Waals surface area contributed by atoms with Crippen LogP contribution in [0.1, 0.15) is 11.6 Å². The van der Waals surface area contributed by atoms with Gasteiger partial charge in [-0.25, -0.2) is 19.0 Å². The predicted molar refractivity (Wildman–Crippen MR) is 92.3 cm³/mol. The van der Waals surface area contributed by atoms with E-state index in [1.54, 1.807) is 17.1 Å². The van der Waals surface area contributed by atoms with E-state index < -0.39 is 0 Å². The summed E-state index contributed by atoms with van der Waals surface area (Å²) in [7, 11) is 3.85. The molecule has 0 amide bonds. The molecular weight excluding hydrogens is 351 g/mol. The second-order valence-corrected chi connectivity index (χ2v) is 6.56. The van der Waals surface area contributed by atoms with Crippen LogP contribution in [-0.2, 0) is 13.1 Å². The Morgan fingerprint density at radius 2 is 2.15 bits per heavy atom. The normalized spacial score (nSPS) is 12.6. The molecule has 0 radical (unpaired) electrons. The van der Waals surface area contributed by atoms with Crippen LogP contribution in [0.5, 0.6) is 0 Å². The number of benzene rings is 1. The van der Waals surface area contributed by atoms with Gasteiger partial charge in [-0.15, -0.1) is 0 Å². The first-order valence-corrected chi connectivity index (χ1v) is 8.32. The summed E-state index contributed by atoms with van der Waals surface area (Å²) < 4.78 is 22.8. The lowest BCUT2D eigenvalue weighted by Gasteiger charge is -2.08. The molecule has 4 aromatic rings. The largest absolute Gasteiger partial charge is 0.337 e. The molecule has 0 fully saturated rings. The van der Waals surface area contributed by atoms with Crippen LogP contribution < -0.4 is 0 Å². The standard InChI is InChI=1S/C17H15FN8O/c1-24(2)7-14-22-16(23-27-14)15-13-6-26-17(19-8-21-26)11-5-10(18)3-4-12(11)25(13)9-20-15/h3-5,8-9H,6-7H2,1-2H3. The van der Waals surface area contributed by atoms with E-state index in [-0.39, 0.29) is 5.82 Å². The number of halogens is 1. The number of nitrogens with zero attached hydrogens (tertiary/aromatic N) is 8. The Kier molecular flexibility index (Phi) is 3.41. The molecule has 0 bridgehead atoms. The minimum absolute atomic E-state index is 0.335. The average Bonchev–Trinajstić information content (AvgIpc) is 3.34. The van der Waals surface area contributed by atoms with Crippen molar-refractivity contribution in [2.75, 3.05) is 14.1 Å². The van der Waals surface area contributed by atoms with E-state index in [0.717, 1.165) is 11.4 Å². The maximum atomic E-state index is 13.9. The average molecular weight is 366 g/mol. The van der Waals surface area contributed by atoms with Crippen molar-refractivity contribution in [1.82, 2.24) is 39.4 Å². The molecule has 10 heteroatoms. The molecule has 1 aliphatic heterocycles. The lowest BCUT2D eigenvalue weighted by atomic mass is 10.1. The van der Waals surface area contributed by atoms with Crippen LogP contribution in [0.15, 0.2) is 35.4 Å². The molecule has 0 saturated carbocycles. The lowest BCUT2D eigenvalue weighted by molar-refractivity contribution is 0.303. The zero-order chi connectivity index (χ0) is 18.5. The van der Waals surface area contributed by atoms with Gasteiger partial charge in [0, 0.05) is 5.56 Å². The van der Waals surface area contributed by atoms with Crippen molar-refractivity contribution in [2.45, 2.75) is 13.1 Å². The lowest BCUT2D eigenvalue weighted by Crippen LogP contribution is -2.10. The summed E-state index contributed by atoms with van der Waals surface area (Å²) in [6.07, 6.45) is 3.13. The van der Waals surface area contributed by atoms with E-state index in [0.29, 0.717) is 41.9 Å². The van der Waals surface area contributed by atoms with Gasteiger partial charge in [0.15, 0.2) is 5.82 Å². The third-order valence-electron chi connectivity index (χ3n) is 4.37. The summed E-state index contributed by atoms with van der Waals surface area (Å²) in [5, 5.41) is 8.34. The van der Waals surface area contributed by atoms with Crippen molar-refractivity contribution in [3.63, 3.8) is 0 Å². The van der Waals surface area contributed by atoms with Crippen LogP contribution >= 0.6 is 0 Å². The first kappa shape index (κ1) is 15.8. The highest BCUT2D eigenvalue weighted by molar-refractivity contribution is 5.70. The summed E-state index contributed by atoms with van der Waals surface area (Å²) >= 11 is 0. The molecule has 4 heterocycles. The topological polar surface area (TPSA) is 90.7 Å². The molecule has 0 spiro atoms. The summed E-state index contributed by atoms with van der Waals surface area (Å²) in [5.41, 5.74) is 2.84. The number of hydrogen-bond acceptors (Lipinski definition) is 7. The van der Waals surface area contributed by atoms with Crippen LogP contribution in [0, 0.1) is 5.82 Å². The summed E-state index contributed by atoms with van der Waals surface area (Å²) in [5.74, 6) is 1.18. The monoisotopic (exact) mass is 366 g/mol. The molecule has 0 atom stereocenters. The zero-order valence-corrected chi connectivity index (χ0v) is 14.7. The van der Waals surface area contributed by atoms with E-state index in [9.17, 15) is 4.39 Å². The molecule has 1 aliphatic rings. The number of aromatic nitrogens is 7. The highest BCUT2D eigenvalue weighted by Crippen LogP contribution is 2.33. The second-order valence-electron chi connectivity index (χ2n) is 6.56. The fourth-order valence-corrected chi connectivity index (χ4v) is 3.23. The molecule has 0 aliphatic carbocycles. The van der Waals surface area contributed by atoms with Gasteiger partial charge in [-0.2, -0.15) is 10.1 Å². The number of imidazole rings is 1. The first-order chi connectivity index (χ1) is 13.1. The fourth-order valence-electron chi connectivity index (χ4n) is 3.23. The van der Waals surface area contributed by atoms with Crippen LogP contribution in [0.3, 0.4) is 0 Å². The minimum atomic E-state index is -0.335. The second kappa shape index (κ2) is 5.81. The highest BCUT2D eigenvalue weighted by Gasteiger charge is 2.26. The Labute approximate surface area is 153 Å². The third kappa shape index (κ3) is 2.53. The Morgan fingerprint density at radius 3 is 3.00 bits per heavy atom. The molecule has 0 N–H and O–H groups in total. The van der Waals surface area contributed by atoms with Crippen LogP contribution in [0.25, 0.3) is 28.6 Å². The molecule has 3 aromatic heterocycles. The van der Waals surface area contributed by atoms with Gasteiger partial charge in [0.2, 0.25) is 11.7 Å². The Hall–Kier alpha value is -3.40. The smallest absolute Gasteiger partial charge is 0.241 e. The molecular formula is C17H15FN8O. The molecule has 0 saturated heterocycles. The third-order valence-corrected chi connectivity index (χ3v) is 4.37.